The number of nitrogens with two attached hydrogens (primary N) is 1. The number of hydrogen-bond acceptors (Lipinski definition) is 8. The summed E-state index contributed by atoms with van der Waals surface area (Å²) >= 11 is 0. The highest BCUT2D eigenvalue weighted by Gasteiger charge is 2.29. The van der Waals surface area contributed by atoms with Crippen molar-refractivity contribution in [1.29, 1.82) is 0 Å². The smallest absolute Gasteiger partial charge is 0.309 e. The summed E-state index contributed by atoms with van der Waals surface area (Å²) in [6, 6.07) is 0.0298. The van der Waals surface area contributed by atoms with Crippen LogP contribution in [0.15, 0.2) is 0 Å². The zero-order valence-electron chi connectivity index (χ0n) is 14.3. The molecule has 1 saturated heterocycles. The second kappa shape index (κ2) is 7.54. The molecule has 0 aliphatic carbocycles. The van der Waals surface area contributed by atoms with Gasteiger partial charge in [-0.3, -0.25) is 9.69 Å². The minimum absolute atomic E-state index is 0.000774. The first kappa shape index (κ1) is 17.4. The van der Waals surface area contributed by atoms with E-state index in [0.717, 1.165) is 25.9 Å². The Morgan fingerprint density at radius 1 is 1.35 bits per heavy atom. The van der Waals surface area contributed by atoms with Gasteiger partial charge in [-0.15, -0.1) is 0 Å². The van der Waals surface area contributed by atoms with Gasteiger partial charge >= 0.3 is 5.97 Å². The number of carbonyl (C=O) groups excluding carboxylic acids is 1. The average molecular weight is 322 g/mol. The predicted octanol–water partition coefficient (Wildman–Crippen LogP) is 0.856. The van der Waals surface area contributed by atoms with E-state index in [1.54, 1.807) is 4.90 Å². The van der Waals surface area contributed by atoms with Gasteiger partial charge in [0.15, 0.2) is 5.82 Å². The molecular weight excluding hydrogens is 296 g/mol. The normalized spacial score (nSPS) is 17.7. The Hall–Kier alpha value is -1.96. The van der Waals surface area contributed by atoms with Gasteiger partial charge < -0.3 is 15.4 Å². The second-order valence-electron chi connectivity index (χ2n) is 5.98. The van der Waals surface area contributed by atoms with Gasteiger partial charge in [-0.25, -0.2) is 0 Å². The number of rotatable bonds is 5. The van der Waals surface area contributed by atoms with Gasteiger partial charge in [0.2, 0.25) is 11.9 Å². The van der Waals surface area contributed by atoms with E-state index in [2.05, 4.69) is 26.8 Å². The molecular formula is C15H26N6O2. The van der Waals surface area contributed by atoms with Crippen LogP contribution in [0.4, 0.5) is 11.9 Å². The minimum Gasteiger partial charge on any atom is -0.466 e. The molecule has 0 bridgehead atoms. The van der Waals surface area contributed by atoms with Gasteiger partial charge in [0.05, 0.1) is 18.6 Å². The fourth-order valence-electron chi connectivity index (χ4n) is 2.73. The summed E-state index contributed by atoms with van der Waals surface area (Å²) in [7, 11) is 3.74. The van der Waals surface area contributed by atoms with E-state index >= 15 is 0 Å². The molecule has 1 aromatic heterocycles. The molecule has 1 fully saturated rings. The Kier molecular flexibility index (Phi) is 5.70. The molecule has 2 N–H and O–H groups in total. The first-order valence-corrected chi connectivity index (χ1v) is 8.01. The monoisotopic (exact) mass is 322 g/mol. The van der Waals surface area contributed by atoms with Crippen LogP contribution in [0.5, 0.6) is 0 Å². The maximum absolute atomic E-state index is 11.8. The molecule has 2 heterocycles. The van der Waals surface area contributed by atoms with Crippen molar-refractivity contribution in [3.8, 4) is 0 Å². The predicted molar refractivity (Wildman–Crippen MR) is 87.9 cm³/mol. The van der Waals surface area contributed by atoms with Crippen LogP contribution in [0, 0.1) is 5.92 Å². The number of esters is 1. The lowest BCUT2D eigenvalue weighted by Gasteiger charge is -2.34. The maximum Gasteiger partial charge on any atom is 0.309 e. The number of piperidine rings is 1. The van der Waals surface area contributed by atoms with Gasteiger partial charge in [-0.05, 0) is 39.8 Å². The lowest BCUT2D eigenvalue weighted by Crippen LogP contribution is -2.39. The quantitative estimate of drug-likeness (QED) is 0.797. The molecule has 1 aliphatic rings. The summed E-state index contributed by atoms with van der Waals surface area (Å²) in [5.74, 6) is 1.36. The molecule has 0 aromatic carbocycles. The van der Waals surface area contributed by atoms with Crippen LogP contribution >= 0.6 is 0 Å². The largest absolute Gasteiger partial charge is 0.466 e. The first-order chi connectivity index (χ1) is 10.9. The van der Waals surface area contributed by atoms with E-state index in [1.165, 1.54) is 0 Å². The fraction of sp³-hybridized carbons (Fsp3) is 0.733. The Balaban J connectivity index is 2.02. The van der Waals surface area contributed by atoms with Gasteiger partial charge in [0.1, 0.15) is 0 Å². The van der Waals surface area contributed by atoms with Crippen LogP contribution in [0.25, 0.3) is 0 Å². The van der Waals surface area contributed by atoms with E-state index in [1.807, 2.05) is 21.0 Å². The standard InChI is InChI=1S/C15H26N6O2/c1-5-23-13(22)11-6-8-21(9-7-11)10(2)12-17-14(16)19-15(18-12)20(3)4/h10-11H,5-9H2,1-4H3,(H2,16,17,18,19). The van der Waals surface area contributed by atoms with E-state index in [4.69, 9.17) is 10.5 Å². The number of aromatic nitrogens is 3. The molecule has 0 amide bonds. The molecule has 23 heavy (non-hydrogen) atoms. The molecule has 1 atom stereocenters. The van der Waals surface area contributed by atoms with E-state index < -0.39 is 0 Å². The van der Waals surface area contributed by atoms with Crippen LogP contribution in [-0.2, 0) is 9.53 Å². The summed E-state index contributed by atoms with van der Waals surface area (Å²) in [5.41, 5.74) is 5.79. The van der Waals surface area contributed by atoms with Crippen molar-refractivity contribution in [2.45, 2.75) is 32.7 Å². The van der Waals surface area contributed by atoms with Crippen molar-refractivity contribution in [2.24, 2.45) is 5.92 Å². The van der Waals surface area contributed by atoms with Crippen LogP contribution in [-0.4, -0.2) is 59.6 Å². The highest BCUT2D eigenvalue weighted by molar-refractivity contribution is 5.72. The highest BCUT2D eigenvalue weighted by Crippen LogP contribution is 2.26. The fourth-order valence-corrected chi connectivity index (χ4v) is 2.73. The number of hydrogen-bond donors (Lipinski definition) is 1. The molecule has 0 saturated carbocycles. The summed E-state index contributed by atoms with van der Waals surface area (Å²) < 4.78 is 5.11. The Morgan fingerprint density at radius 3 is 2.57 bits per heavy atom. The third-order valence-electron chi connectivity index (χ3n) is 4.13. The summed E-state index contributed by atoms with van der Waals surface area (Å²) in [6.45, 7) is 5.95. The van der Waals surface area contributed by atoms with Crippen molar-refractivity contribution in [3.63, 3.8) is 0 Å². The van der Waals surface area contributed by atoms with Crippen molar-refractivity contribution >= 4 is 17.9 Å². The molecule has 0 spiro atoms. The summed E-state index contributed by atoms with van der Waals surface area (Å²) in [5, 5.41) is 0. The molecule has 1 aromatic rings. The topological polar surface area (TPSA) is 97.5 Å². The zero-order valence-corrected chi connectivity index (χ0v) is 14.3. The molecule has 2 rings (SSSR count). The number of carbonyl (C=O) groups is 1. The SMILES string of the molecule is CCOC(=O)C1CCN(C(C)c2nc(N)nc(N(C)C)n2)CC1. The van der Waals surface area contributed by atoms with Gasteiger partial charge in [-0.2, -0.15) is 15.0 Å². The number of anilines is 2. The molecule has 0 radical (unpaired) electrons. The molecule has 1 unspecified atom stereocenters. The van der Waals surface area contributed by atoms with Crippen LogP contribution < -0.4 is 10.6 Å². The van der Waals surface area contributed by atoms with Gasteiger partial charge in [0.25, 0.3) is 0 Å². The van der Waals surface area contributed by atoms with Crippen molar-refractivity contribution in [2.75, 3.05) is 44.4 Å². The Labute approximate surface area is 137 Å². The number of nitrogens with zero attached hydrogens (tertiary/aromatic N) is 5. The summed E-state index contributed by atoms with van der Waals surface area (Å²) in [6.07, 6.45) is 1.59. The van der Waals surface area contributed by atoms with Crippen molar-refractivity contribution < 1.29 is 9.53 Å². The summed E-state index contributed by atoms with van der Waals surface area (Å²) in [4.78, 5) is 28.8. The first-order valence-electron chi connectivity index (χ1n) is 8.01. The number of ether oxygens (including phenoxy) is 1. The van der Waals surface area contributed by atoms with Crippen molar-refractivity contribution in [3.05, 3.63) is 5.82 Å². The number of nitrogen functional groups attached to an aromatic ring is 1. The van der Waals surface area contributed by atoms with E-state index in [0.29, 0.717) is 18.4 Å². The van der Waals surface area contributed by atoms with Gasteiger partial charge in [-0.1, -0.05) is 0 Å². The second-order valence-corrected chi connectivity index (χ2v) is 5.98. The van der Waals surface area contributed by atoms with Gasteiger partial charge in [0, 0.05) is 14.1 Å². The van der Waals surface area contributed by atoms with Crippen LogP contribution in [0.3, 0.4) is 0 Å². The maximum atomic E-state index is 11.8. The van der Waals surface area contributed by atoms with Crippen molar-refractivity contribution in [1.82, 2.24) is 19.9 Å². The molecule has 128 valence electrons. The highest BCUT2D eigenvalue weighted by atomic mass is 16.5. The van der Waals surface area contributed by atoms with Crippen LogP contribution in [0.1, 0.15) is 38.6 Å². The third kappa shape index (κ3) is 4.28. The van der Waals surface area contributed by atoms with Crippen LogP contribution in [0.2, 0.25) is 0 Å². The number of likely N-dealkylation sites (tertiary alicyclic amines) is 1. The Morgan fingerprint density at radius 2 is 2.00 bits per heavy atom. The third-order valence-corrected chi connectivity index (χ3v) is 4.13. The lowest BCUT2D eigenvalue weighted by atomic mass is 9.96. The average Bonchev–Trinajstić information content (AvgIpc) is 2.54. The van der Waals surface area contributed by atoms with E-state index in [-0.39, 0.29) is 23.9 Å². The Bertz CT molecular complexity index is 543. The minimum atomic E-state index is -0.0842. The lowest BCUT2D eigenvalue weighted by molar-refractivity contribution is -0.149. The van der Waals surface area contributed by atoms with E-state index in [9.17, 15) is 4.79 Å². The molecule has 8 heteroatoms. The molecule has 1 aliphatic heterocycles. The zero-order chi connectivity index (χ0) is 17.0. The molecule has 8 nitrogen and oxygen atoms in total.